The number of carbonyl (C=O) groups is 1. The van der Waals surface area contributed by atoms with Crippen molar-refractivity contribution in [3.8, 4) is 11.4 Å². The highest BCUT2D eigenvalue weighted by Crippen LogP contribution is 2.20. The summed E-state index contributed by atoms with van der Waals surface area (Å²) in [7, 11) is 0. The smallest absolute Gasteiger partial charge is 0.227 e. The van der Waals surface area contributed by atoms with Crippen LogP contribution in [0, 0.1) is 0 Å². The molecule has 5 nitrogen and oxygen atoms in total. The fourth-order valence-corrected chi connectivity index (χ4v) is 1.99. The Labute approximate surface area is 110 Å². The number of aromatic nitrogens is 3. The minimum absolute atomic E-state index is 0.178. The summed E-state index contributed by atoms with van der Waals surface area (Å²) < 4.78 is 1.00. The third kappa shape index (κ3) is 3.31. The van der Waals surface area contributed by atoms with Crippen molar-refractivity contribution in [2.75, 3.05) is 5.75 Å². The number of amides is 1. The highest BCUT2D eigenvalue weighted by molar-refractivity contribution is 9.10. The maximum absolute atomic E-state index is 10.6. The van der Waals surface area contributed by atoms with Crippen LogP contribution in [0.1, 0.15) is 0 Å². The first-order chi connectivity index (χ1) is 8.15. The van der Waals surface area contributed by atoms with E-state index in [0.717, 1.165) is 10.0 Å². The zero-order chi connectivity index (χ0) is 12.3. The Morgan fingerprint density at radius 2 is 2.12 bits per heavy atom. The third-order valence-electron chi connectivity index (χ3n) is 1.93. The van der Waals surface area contributed by atoms with Gasteiger partial charge in [0.1, 0.15) is 0 Å². The second-order valence-corrected chi connectivity index (χ2v) is 5.09. The van der Waals surface area contributed by atoms with E-state index in [2.05, 4.69) is 31.1 Å². The van der Waals surface area contributed by atoms with Crippen molar-refractivity contribution in [1.82, 2.24) is 15.2 Å². The number of thioether (sulfide) groups is 1. The van der Waals surface area contributed by atoms with Crippen LogP contribution in [0.5, 0.6) is 0 Å². The van der Waals surface area contributed by atoms with E-state index in [1.54, 1.807) is 0 Å². The van der Waals surface area contributed by atoms with Crippen molar-refractivity contribution >= 4 is 33.6 Å². The van der Waals surface area contributed by atoms with E-state index in [9.17, 15) is 4.79 Å². The summed E-state index contributed by atoms with van der Waals surface area (Å²) in [4.78, 5) is 14.9. The standard InChI is InChI=1S/C10H9BrN4OS/c11-7-3-1-6(2-4-7)9-13-10(15-14-9)17-5-8(12)16/h1-4H,5H2,(H2,12,16)(H,13,14,15). The van der Waals surface area contributed by atoms with Crippen LogP contribution in [0.15, 0.2) is 33.9 Å². The quantitative estimate of drug-likeness (QED) is 0.843. The van der Waals surface area contributed by atoms with E-state index in [1.165, 1.54) is 11.8 Å². The van der Waals surface area contributed by atoms with Crippen LogP contribution in [0.2, 0.25) is 0 Å². The number of benzene rings is 1. The Hall–Kier alpha value is -1.34. The zero-order valence-corrected chi connectivity index (χ0v) is 11.1. The van der Waals surface area contributed by atoms with Crippen molar-refractivity contribution in [1.29, 1.82) is 0 Å². The van der Waals surface area contributed by atoms with Gasteiger partial charge in [-0.15, -0.1) is 5.10 Å². The van der Waals surface area contributed by atoms with Gasteiger partial charge in [0.05, 0.1) is 5.75 Å². The van der Waals surface area contributed by atoms with Gasteiger partial charge in [0.15, 0.2) is 5.82 Å². The second kappa shape index (κ2) is 5.33. The first-order valence-electron chi connectivity index (χ1n) is 4.74. The van der Waals surface area contributed by atoms with Gasteiger partial charge in [-0.25, -0.2) is 4.98 Å². The van der Waals surface area contributed by atoms with Gasteiger partial charge in [0.25, 0.3) is 0 Å². The lowest BCUT2D eigenvalue weighted by Gasteiger charge is -1.95. The number of nitrogens with two attached hydrogens (primary N) is 1. The molecule has 0 aliphatic carbocycles. The molecule has 0 aliphatic rings. The Morgan fingerprint density at radius 3 is 2.76 bits per heavy atom. The van der Waals surface area contributed by atoms with Gasteiger partial charge in [-0.2, -0.15) is 0 Å². The SMILES string of the molecule is NC(=O)CSc1n[nH]c(-c2ccc(Br)cc2)n1. The van der Waals surface area contributed by atoms with Gasteiger partial charge in [-0.1, -0.05) is 39.8 Å². The first kappa shape index (κ1) is 12.1. The number of primary amides is 1. The molecule has 0 radical (unpaired) electrons. The molecule has 7 heteroatoms. The molecule has 2 rings (SSSR count). The molecular weight excluding hydrogens is 304 g/mol. The van der Waals surface area contributed by atoms with Gasteiger partial charge in [-0.05, 0) is 12.1 Å². The summed E-state index contributed by atoms with van der Waals surface area (Å²) in [5.74, 6) is 0.465. The molecule has 0 atom stereocenters. The molecule has 0 unspecified atom stereocenters. The topological polar surface area (TPSA) is 84.7 Å². The van der Waals surface area contributed by atoms with E-state index in [1.807, 2.05) is 24.3 Å². The van der Waals surface area contributed by atoms with Crippen LogP contribution in [-0.4, -0.2) is 26.8 Å². The molecule has 0 saturated carbocycles. The Balaban J connectivity index is 2.12. The molecule has 0 fully saturated rings. The summed E-state index contributed by atoms with van der Waals surface area (Å²) in [6.07, 6.45) is 0. The number of H-pyrrole nitrogens is 1. The van der Waals surface area contributed by atoms with Gasteiger partial charge in [-0.3, -0.25) is 9.89 Å². The third-order valence-corrected chi connectivity index (χ3v) is 3.32. The number of halogens is 1. The lowest BCUT2D eigenvalue weighted by atomic mass is 10.2. The Morgan fingerprint density at radius 1 is 1.41 bits per heavy atom. The van der Waals surface area contributed by atoms with Gasteiger partial charge in [0.2, 0.25) is 11.1 Å². The Bertz CT molecular complexity index is 525. The van der Waals surface area contributed by atoms with E-state index in [-0.39, 0.29) is 11.7 Å². The fraction of sp³-hybridized carbons (Fsp3) is 0.100. The highest BCUT2D eigenvalue weighted by Gasteiger charge is 2.07. The molecule has 1 aromatic heterocycles. The molecule has 3 N–H and O–H groups in total. The maximum atomic E-state index is 10.6. The minimum atomic E-state index is -0.384. The minimum Gasteiger partial charge on any atom is -0.369 e. The van der Waals surface area contributed by atoms with E-state index in [0.29, 0.717) is 11.0 Å². The number of carbonyl (C=O) groups excluding carboxylic acids is 1. The number of hydrogen-bond donors (Lipinski definition) is 2. The number of aromatic amines is 1. The first-order valence-corrected chi connectivity index (χ1v) is 6.52. The lowest BCUT2D eigenvalue weighted by Crippen LogP contribution is -2.13. The van der Waals surface area contributed by atoms with Gasteiger partial charge < -0.3 is 5.73 Å². The molecular formula is C10H9BrN4OS. The molecule has 1 aromatic carbocycles. The van der Waals surface area contributed by atoms with Crippen molar-refractivity contribution in [2.24, 2.45) is 5.73 Å². The summed E-state index contributed by atoms with van der Waals surface area (Å²) in [6.45, 7) is 0. The van der Waals surface area contributed by atoms with Crippen LogP contribution >= 0.6 is 27.7 Å². The molecule has 88 valence electrons. The largest absolute Gasteiger partial charge is 0.369 e. The van der Waals surface area contributed by atoms with Crippen LogP contribution in [-0.2, 0) is 4.79 Å². The summed E-state index contributed by atoms with van der Waals surface area (Å²) in [5.41, 5.74) is 5.98. The van der Waals surface area contributed by atoms with Crippen molar-refractivity contribution in [2.45, 2.75) is 5.16 Å². The summed E-state index contributed by atoms with van der Waals surface area (Å²) >= 11 is 4.57. The summed E-state index contributed by atoms with van der Waals surface area (Å²) in [5, 5.41) is 7.33. The molecule has 0 saturated heterocycles. The van der Waals surface area contributed by atoms with Crippen LogP contribution in [0.3, 0.4) is 0 Å². The van der Waals surface area contributed by atoms with Crippen molar-refractivity contribution in [3.63, 3.8) is 0 Å². The van der Waals surface area contributed by atoms with Crippen molar-refractivity contribution in [3.05, 3.63) is 28.7 Å². The fourth-order valence-electron chi connectivity index (χ4n) is 1.18. The molecule has 1 heterocycles. The highest BCUT2D eigenvalue weighted by atomic mass is 79.9. The second-order valence-electron chi connectivity index (χ2n) is 3.23. The van der Waals surface area contributed by atoms with Crippen LogP contribution < -0.4 is 5.73 Å². The average molecular weight is 313 g/mol. The van der Waals surface area contributed by atoms with Crippen LogP contribution in [0.25, 0.3) is 11.4 Å². The van der Waals surface area contributed by atoms with Crippen LogP contribution in [0.4, 0.5) is 0 Å². The summed E-state index contributed by atoms with van der Waals surface area (Å²) in [6, 6.07) is 7.70. The van der Waals surface area contributed by atoms with E-state index >= 15 is 0 Å². The molecule has 0 spiro atoms. The molecule has 1 amide bonds. The van der Waals surface area contributed by atoms with E-state index in [4.69, 9.17) is 5.73 Å². The lowest BCUT2D eigenvalue weighted by molar-refractivity contribution is -0.115. The number of hydrogen-bond acceptors (Lipinski definition) is 4. The molecule has 2 aromatic rings. The monoisotopic (exact) mass is 312 g/mol. The zero-order valence-electron chi connectivity index (χ0n) is 8.68. The normalized spacial score (nSPS) is 10.4. The molecule has 0 aliphatic heterocycles. The molecule has 0 bridgehead atoms. The van der Waals surface area contributed by atoms with E-state index < -0.39 is 0 Å². The number of nitrogens with zero attached hydrogens (tertiary/aromatic N) is 2. The average Bonchev–Trinajstić information content (AvgIpc) is 2.76. The number of nitrogens with one attached hydrogen (secondary N) is 1. The predicted molar refractivity (Wildman–Crippen MR) is 69.4 cm³/mol. The van der Waals surface area contributed by atoms with Gasteiger partial charge >= 0.3 is 0 Å². The maximum Gasteiger partial charge on any atom is 0.227 e. The number of rotatable bonds is 4. The van der Waals surface area contributed by atoms with Crippen molar-refractivity contribution < 1.29 is 4.79 Å². The Kier molecular flexibility index (Phi) is 3.80. The van der Waals surface area contributed by atoms with Gasteiger partial charge in [0, 0.05) is 10.0 Å². The predicted octanol–water partition coefficient (Wildman–Crippen LogP) is 1.81. The molecule has 17 heavy (non-hydrogen) atoms.